The van der Waals surface area contributed by atoms with Gasteiger partial charge in [0.05, 0.1) is 26.3 Å². The number of aryl methyl sites for hydroxylation is 3. The van der Waals surface area contributed by atoms with Crippen molar-refractivity contribution in [3.8, 4) is 11.1 Å². The third-order valence-corrected chi connectivity index (χ3v) is 8.85. The molecule has 0 atom stereocenters. The standard InChI is InChI=1S/C31H25NO2S/c1-20-16-18-23(19-17-20)35(33,34)31-26-13-7-9-15-28(26)32-27-14-8-6-12-25(27)22(3)30(32)29(31)24-11-5-4-10-21(24)2/h4-19H,1-3H3. The van der Waals surface area contributed by atoms with Gasteiger partial charge >= 0.3 is 0 Å². The van der Waals surface area contributed by atoms with E-state index in [2.05, 4.69) is 23.5 Å². The second-order valence-electron chi connectivity index (χ2n) is 9.18. The van der Waals surface area contributed by atoms with Crippen LogP contribution >= 0.6 is 0 Å². The van der Waals surface area contributed by atoms with E-state index in [0.29, 0.717) is 9.79 Å². The van der Waals surface area contributed by atoms with Gasteiger partial charge in [-0.25, -0.2) is 8.42 Å². The Bertz CT molecular complexity index is 1880. The average Bonchev–Trinajstić information content (AvgIpc) is 3.17. The van der Waals surface area contributed by atoms with E-state index >= 15 is 0 Å². The first kappa shape index (κ1) is 21.6. The molecule has 0 N–H and O–H groups in total. The van der Waals surface area contributed by atoms with Gasteiger partial charge in [-0.05, 0) is 61.7 Å². The van der Waals surface area contributed by atoms with Crippen molar-refractivity contribution >= 4 is 37.2 Å². The van der Waals surface area contributed by atoms with Crippen LogP contribution in [-0.4, -0.2) is 12.8 Å². The number of benzene rings is 4. The molecule has 0 amide bonds. The van der Waals surface area contributed by atoms with Crippen molar-refractivity contribution in [2.45, 2.75) is 30.6 Å². The number of aromatic nitrogens is 1. The van der Waals surface area contributed by atoms with Crippen molar-refractivity contribution < 1.29 is 8.42 Å². The van der Waals surface area contributed by atoms with Gasteiger partial charge in [0.1, 0.15) is 0 Å². The van der Waals surface area contributed by atoms with Gasteiger partial charge in [0, 0.05) is 16.3 Å². The molecule has 0 bridgehead atoms. The minimum Gasteiger partial charge on any atom is -0.308 e. The monoisotopic (exact) mass is 475 g/mol. The summed E-state index contributed by atoms with van der Waals surface area (Å²) < 4.78 is 31.1. The van der Waals surface area contributed by atoms with Crippen molar-refractivity contribution in [1.82, 2.24) is 4.40 Å². The SMILES string of the molecule is Cc1ccc(S(=O)(=O)c2c(-c3ccccc3C)c3c(C)c4ccccc4n3c3ccccc23)cc1. The molecule has 3 nitrogen and oxygen atoms in total. The zero-order valence-corrected chi connectivity index (χ0v) is 20.7. The molecule has 0 spiro atoms. The Kier molecular flexibility index (Phi) is 4.83. The van der Waals surface area contributed by atoms with E-state index in [0.717, 1.165) is 55.1 Å². The summed E-state index contributed by atoms with van der Waals surface area (Å²) in [6, 6.07) is 31.3. The first-order chi connectivity index (χ1) is 16.9. The van der Waals surface area contributed by atoms with Crippen LogP contribution in [0.5, 0.6) is 0 Å². The summed E-state index contributed by atoms with van der Waals surface area (Å²) in [5, 5.41) is 1.84. The van der Waals surface area contributed by atoms with Crippen molar-refractivity contribution in [1.29, 1.82) is 0 Å². The lowest BCUT2D eigenvalue weighted by Gasteiger charge is -2.19. The van der Waals surface area contributed by atoms with Crippen LogP contribution < -0.4 is 0 Å². The number of fused-ring (bicyclic) bond motifs is 5. The third-order valence-electron chi connectivity index (χ3n) is 7.00. The average molecular weight is 476 g/mol. The van der Waals surface area contributed by atoms with E-state index in [1.807, 2.05) is 86.6 Å². The first-order valence-electron chi connectivity index (χ1n) is 11.7. The first-order valence-corrected chi connectivity index (χ1v) is 13.2. The lowest BCUT2D eigenvalue weighted by molar-refractivity contribution is 0.597. The van der Waals surface area contributed by atoms with Crippen LogP contribution in [0.15, 0.2) is 107 Å². The summed E-state index contributed by atoms with van der Waals surface area (Å²) in [6.07, 6.45) is 0. The molecule has 35 heavy (non-hydrogen) atoms. The number of hydrogen-bond donors (Lipinski definition) is 0. The number of hydrogen-bond acceptors (Lipinski definition) is 2. The summed E-state index contributed by atoms with van der Waals surface area (Å²) >= 11 is 0. The molecule has 6 rings (SSSR count). The topological polar surface area (TPSA) is 38.5 Å². The van der Waals surface area contributed by atoms with Crippen LogP contribution in [-0.2, 0) is 9.84 Å². The fourth-order valence-electron chi connectivity index (χ4n) is 5.27. The molecule has 0 saturated carbocycles. The molecule has 4 aromatic carbocycles. The van der Waals surface area contributed by atoms with Gasteiger partial charge in [0.15, 0.2) is 0 Å². The summed E-state index contributed by atoms with van der Waals surface area (Å²) in [5.41, 5.74) is 7.72. The predicted octanol–water partition coefficient (Wildman–Crippen LogP) is 7.67. The Hall–Kier alpha value is -3.89. The maximum absolute atomic E-state index is 14.4. The Morgan fingerprint density at radius 1 is 0.629 bits per heavy atom. The van der Waals surface area contributed by atoms with E-state index in [1.165, 1.54) is 0 Å². The summed E-state index contributed by atoms with van der Waals surface area (Å²) in [7, 11) is -3.84. The molecule has 0 radical (unpaired) electrons. The summed E-state index contributed by atoms with van der Waals surface area (Å²) in [5.74, 6) is 0. The van der Waals surface area contributed by atoms with E-state index in [4.69, 9.17) is 0 Å². The minimum absolute atomic E-state index is 0.307. The number of rotatable bonds is 3. The fraction of sp³-hybridized carbons (Fsp3) is 0.0968. The quantitative estimate of drug-likeness (QED) is 0.263. The van der Waals surface area contributed by atoms with E-state index in [9.17, 15) is 8.42 Å². The van der Waals surface area contributed by atoms with Gasteiger partial charge in [-0.2, -0.15) is 0 Å². The third kappa shape index (κ3) is 3.14. The summed E-state index contributed by atoms with van der Waals surface area (Å²) in [6.45, 7) is 6.10. The number of sulfone groups is 1. The smallest absolute Gasteiger partial charge is 0.207 e. The minimum atomic E-state index is -3.84. The largest absolute Gasteiger partial charge is 0.308 e. The number of para-hydroxylation sites is 2. The van der Waals surface area contributed by atoms with E-state index in [1.54, 1.807) is 12.1 Å². The molecular weight excluding hydrogens is 450 g/mol. The fourth-order valence-corrected chi connectivity index (χ4v) is 6.94. The molecule has 0 aliphatic carbocycles. The molecule has 0 aliphatic heterocycles. The molecule has 4 heteroatoms. The van der Waals surface area contributed by atoms with Crippen molar-refractivity contribution in [2.75, 3.05) is 0 Å². The molecule has 0 aliphatic rings. The number of pyridine rings is 1. The van der Waals surface area contributed by atoms with Gasteiger partial charge < -0.3 is 4.40 Å². The maximum atomic E-state index is 14.4. The van der Waals surface area contributed by atoms with Crippen molar-refractivity contribution in [3.63, 3.8) is 0 Å². The zero-order chi connectivity index (χ0) is 24.3. The van der Waals surface area contributed by atoms with Crippen LogP contribution in [0.25, 0.3) is 38.4 Å². The highest BCUT2D eigenvalue weighted by Crippen LogP contribution is 2.44. The molecular formula is C31H25NO2S. The molecule has 2 heterocycles. The lowest BCUT2D eigenvalue weighted by atomic mass is 9.97. The van der Waals surface area contributed by atoms with Crippen molar-refractivity contribution in [3.05, 3.63) is 114 Å². The highest BCUT2D eigenvalue weighted by atomic mass is 32.2. The molecule has 0 unspecified atom stereocenters. The molecule has 2 aromatic heterocycles. The van der Waals surface area contributed by atoms with Crippen LogP contribution in [0.4, 0.5) is 0 Å². The Labute approximate surface area is 205 Å². The second kappa shape index (κ2) is 7.82. The van der Waals surface area contributed by atoms with E-state index < -0.39 is 9.84 Å². The van der Waals surface area contributed by atoms with Crippen LogP contribution in [0, 0.1) is 20.8 Å². The van der Waals surface area contributed by atoms with Gasteiger partial charge in [-0.15, -0.1) is 0 Å². The van der Waals surface area contributed by atoms with E-state index in [-0.39, 0.29) is 0 Å². The van der Waals surface area contributed by atoms with Crippen molar-refractivity contribution in [2.24, 2.45) is 0 Å². The highest BCUT2D eigenvalue weighted by Gasteiger charge is 2.30. The molecule has 172 valence electrons. The molecule has 0 fully saturated rings. The van der Waals surface area contributed by atoms with Gasteiger partial charge in [-0.3, -0.25) is 0 Å². The predicted molar refractivity (Wildman–Crippen MR) is 144 cm³/mol. The normalized spacial score (nSPS) is 12.1. The maximum Gasteiger partial charge on any atom is 0.207 e. The summed E-state index contributed by atoms with van der Waals surface area (Å²) in [4.78, 5) is 0.672. The Morgan fingerprint density at radius 2 is 1.20 bits per heavy atom. The van der Waals surface area contributed by atoms with Crippen LogP contribution in [0.2, 0.25) is 0 Å². The zero-order valence-electron chi connectivity index (χ0n) is 19.9. The lowest BCUT2D eigenvalue weighted by Crippen LogP contribution is -2.08. The second-order valence-corrected chi connectivity index (χ2v) is 11.1. The van der Waals surface area contributed by atoms with Crippen LogP contribution in [0.1, 0.15) is 16.7 Å². The van der Waals surface area contributed by atoms with Gasteiger partial charge in [0.25, 0.3) is 0 Å². The Balaban J connectivity index is 1.93. The Morgan fingerprint density at radius 3 is 1.89 bits per heavy atom. The van der Waals surface area contributed by atoms with Crippen LogP contribution in [0.3, 0.4) is 0 Å². The molecule has 6 aromatic rings. The number of nitrogens with zero attached hydrogens (tertiary/aromatic N) is 1. The highest BCUT2D eigenvalue weighted by molar-refractivity contribution is 7.92. The van der Waals surface area contributed by atoms with Gasteiger partial charge in [-0.1, -0.05) is 78.4 Å². The molecule has 0 saturated heterocycles. The van der Waals surface area contributed by atoms with Gasteiger partial charge in [0.2, 0.25) is 9.84 Å².